The summed E-state index contributed by atoms with van der Waals surface area (Å²) in [6, 6.07) is 0. The van der Waals surface area contributed by atoms with Gasteiger partial charge >= 0.3 is 44.4 Å². The topological polar surface area (TPSA) is 0 Å². The minimum absolute atomic E-state index is 0. The van der Waals surface area contributed by atoms with Gasteiger partial charge in [0, 0.05) is 0 Å². The van der Waals surface area contributed by atoms with E-state index in [0.29, 0.717) is 0 Å². The minimum Gasteiger partial charge on any atom is -0.358 e. The minimum atomic E-state index is -1.36. The summed E-state index contributed by atoms with van der Waals surface area (Å²) in [5.41, 5.74) is 0. The van der Waals surface area contributed by atoms with Gasteiger partial charge in [0.2, 0.25) is 0 Å². The fraction of sp³-hybridized carbons (Fsp3) is 0.400. The first kappa shape index (κ1) is 23.0. The van der Waals surface area contributed by atoms with Crippen LogP contribution in [0.3, 0.4) is 0 Å². The first-order chi connectivity index (χ1) is 2.27. The Balaban J connectivity index is -0.0000000267. The first-order valence-corrected chi connectivity index (χ1v) is 6.53. The van der Waals surface area contributed by atoms with Crippen molar-refractivity contribution in [2.45, 2.75) is 14.4 Å². The second-order valence-electron chi connectivity index (χ2n) is 0.409. The first-order valence-electron chi connectivity index (χ1n) is 1.05. The Hall–Kier alpha value is 1.07. The van der Waals surface area contributed by atoms with E-state index >= 15 is 0 Å². The molecular formula is C5H14Cl2Ru-2. The molecule has 0 aromatic heterocycles. The number of halogens is 2. The fourth-order valence-corrected chi connectivity index (χ4v) is 0. The second-order valence-corrected chi connectivity index (χ2v) is 6.64. The zero-order valence-corrected chi connectivity index (χ0v) is 7.94. The molecule has 0 amide bonds. The zero-order valence-electron chi connectivity index (χ0n) is 4.69. The molecule has 0 spiro atoms. The molecule has 0 aliphatic carbocycles. The van der Waals surface area contributed by atoms with E-state index in [4.69, 9.17) is 19.4 Å². The van der Waals surface area contributed by atoms with Crippen molar-refractivity contribution in [1.29, 1.82) is 0 Å². The van der Waals surface area contributed by atoms with Crippen molar-refractivity contribution < 1.29 is 13.5 Å². The molecule has 0 aliphatic heterocycles. The van der Waals surface area contributed by atoms with E-state index in [-0.39, 0.29) is 22.3 Å². The SMILES string of the molecule is C.C[CH]=[Ru]([Cl])[Cl].[CH3-].[CH3-]. The smallest absolute Gasteiger partial charge is 0.358 e. The van der Waals surface area contributed by atoms with Crippen molar-refractivity contribution in [3.8, 4) is 0 Å². The second kappa shape index (κ2) is 15.7. The molecule has 0 aliphatic rings. The van der Waals surface area contributed by atoms with Crippen LogP contribution in [-0.4, -0.2) is 4.61 Å². The Morgan fingerprint density at radius 3 is 1.38 bits per heavy atom. The number of hydrogen-bond donors (Lipinski definition) is 0. The van der Waals surface area contributed by atoms with E-state index in [1.54, 1.807) is 0 Å². The summed E-state index contributed by atoms with van der Waals surface area (Å²) < 4.78 is 1.84. The molecule has 0 saturated heterocycles. The van der Waals surface area contributed by atoms with Gasteiger partial charge in [-0.15, -0.1) is 0 Å². The van der Waals surface area contributed by atoms with E-state index in [1.165, 1.54) is 0 Å². The van der Waals surface area contributed by atoms with Crippen LogP contribution in [0.15, 0.2) is 0 Å². The van der Waals surface area contributed by atoms with Gasteiger partial charge in [-0.3, -0.25) is 0 Å². The Morgan fingerprint density at radius 2 is 1.38 bits per heavy atom. The van der Waals surface area contributed by atoms with Crippen LogP contribution >= 0.6 is 19.4 Å². The molecule has 0 aromatic rings. The standard InChI is InChI=1S/C2H4.CH4.2CH3.2ClH.Ru/c1-2;;;;;;/h1H,2H3;1H4;2*1H3;2*1H;/q;;2*-1;;;+2/p-2. The van der Waals surface area contributed by atoms with Gasteiger partial charge in [0.1, 0.15) is 0 Å². The average Bonchev–Trinajstić information content (AvgIpc) is 1.38. The van der Waals surface area contributed by atoms with Crippen molar-refractivity contribution in [3.05, 3.63) is 14.9 Å². The van der Waals surface area contributed by atoms with Gasteiger partial charge in [-0.05, 0) is 0 Å². The van der Waals surface area contributed by atoms with Crippen LogP contribution in [0.25, 0.3) is 0 Å². The van der Waals surface area contributed by atoms with E-state index in [9.17, 15) is 0 Å². The number of hydrogen-bond acceptors (Lipinski definition) is 0. The van der Waals surface area contributed by atoms with Crippen molar-refractivity contribution >= 4 is 24.0 Å². The summed E-state index contributed by atoms with van der Waals surface area (Å²) >= 11 is -1.36. The molecule has 0 unspecified atom stereocenters. The van der Waals surface area contributed by atoms with Crippen molar-refractivity contribution in [2.75, 3.05) is 0 Å². The van der Waals surface area contributed by atoms with Crippen LogP contribution in [-0.2, 0) is 13.5 Å². The largest absolute Gasteiger partial charge is 0.358 e. The summed E-state index contributed by atoms with van der Waals surface area (Å²) in [6.07, 6.45) is 0. The number of rotatable bonds is 0. The Labute approximate surface area is 66.7 Å². The molecule has 0 N–H and O–H groups in total. The van der Waals surface area contributed by atoms with Crippen LogP contribution < -0.4 is 0 Å². The molecule has 3 heteroatoms. The van der Waals surface area contributed by atoms with E-state index in [1.807, 2.05) is 11.5 Å². The van der Waals surface area contributed by atoms with Crippen LogP contribution in [0, 0.1) is 14.9 Å². The fourth-order valence-electron chi connectivity index (χ4n) is 0. The molecule has 0 atom stereocenters. The third kappa shape index (κ3) is 27.6. The molecule has 0 saturated carbocycles. The molecule has 0 rings (SSSR count). The summed E-state index contributed by atoms with van der Waals surface area (Å²) in [6.45, 7) is 1.87. The van der Waals surface area contributed by atoms with Crippen molar-refractivity contribution in [3.63, 3.8) is 0 Å². The van der Waals surface area contributed by atoms with Gasteiger partial charge in [-0.1, -0.05) is 7.43 Å². The predicted molar refractivity (Wildman–Crippen MR) is 43.0 cm³/mol. The maximum absolute atomic E-state index is 5.32. The Kier molecular flexibility index (Phi) is 45.1. The monoisotopic (exact) mass is 246 g/mol. The van der Waals surface area contributed by atoms with E-state index in [0.717, 1.165) is 0 Å². The maximum Gasteiger partial charge on any atom is -0.358 e. The zero-order chi connectivity index (χ0) is 4.28. The van der Waals surface area contributed by atoms with Crippen LogP contribution in [0.5, 0.6) is 0 Å². The van der Waals surface area contributed by atoms with Gasteiger partial charge in [-0.25, -0.2) is 0 Å². The van der Waals surface area contributed by atoms with Gasteiger partial charge in [0.15, 0.2) is 0 Å². The molecule has 58 valence electrons. The van der Waals surface area contributed by atoms with Crippen molar-refractivity contribution in [2.24, 2.45) is 0 Å². The van der Waals surface area contributed by atoms with Gasteiger partial charge in [-0.2, -0.15) is 0 Å². The third-order valence-corrected chi connectivity index (χ3v) is 2.74. The van der Waals surface area contributed by atoms with Crippen molar-refractivity contribution in [1.82, 2.24) is 0 Å². The molecule has 8 heavy (non-hydrogen) atoms. The summed E-state index contributed by atoms with van der Waals surface area (Å²) in [5, 5.41) is 0. The van der Waals surface area contributed by atoms with Gasteiger partial charge < -0.3 is 14.9 Å². The van der Waals surface area contributed by atoms with Crippen LogP contribution in [0.4, 0.5) is 0 Å². The van der Waals surface area contributed by atoms with E-state index in [2.05, 4.69) is 0 Å². The summed E-state index contributed by atoms with van der Waals surface area (Å²) in [4.78, 5) is 0. The Morgan fingerprint density at radius 1 is 1.25 bits per heavy atom. The van der Waals surface area contributed by atoms with Gasteiger partial charge in [0.25, 0.3) is 0 Å². The molecule has 0 heterocycles. The van der Waals surface area contributed by atoms with E-state index < -0.39 is 13.5 Å². The molecule has 0 bridgehead atoms. The third-order valence-electron chi connectivity index (χ3n) is 0.154. The average molecular weight is 246 g/mol. The summed E-state index contributed by atoms with van der Waals surface area (Å²) in [5.74, 6) is 0. The molecule has 0 nitrogen and oxygen atoms in total. The molecule has 0 aromatic carbocycles. The predicted octanol–water partition coefficient (Wildman–Crippen LogP) is 3.27. The molecular weight excluding hydrogens is 232 g/mol. The van der Waals surface area contributed by atoms with Gasteiger partial charge in [0.05, 0.1) is 0 Å². The quantitative estimate of drug-likeness (QED) is 0.454. The van der Waals surface area contributed by atoms with Crippen LogP contribution in [0.1, 0.15) is 14.4 Å². The van der Waals surface area contributed by atoms with Crippen LogP contribution in [0.2, 0.25) is 0 Å². The summed E-state index contributed by atoms with van der Waals surface area (Å²) in [7, 11) is 10.6. The molecule has 0 radical (unpaired) electrons. The Bertz CT molecular complexity index is 48.4. The maximum atomic E-state index is 5.32. The molecule has 0 fully saturated rings. The normalized spacial score (nSPS) is 6.62.